The molecule has 0 radical (unpaired) electrons. The fraction of sp³-hybridized carbons (Fsp3) is 0. The quantitative estimate of drug-likeness (QED) is 0.439. The summed E-state index contributed by atoms with van der Waals surface area (Å²) in [5.74, 6) is 0.0603. The standard InChI is InChI=1S/C24H14N2O/c25-14-16-10-12-18(13-11-16)26-15-21-22(23(26)17-6-2-1-3-7-17)19-8-4-5-9-20(19)24(21)27/h1-13,15H. The number of rotatable bonds is 2. The minimum Gasteiger partial charge on any atom is -0.315 e. The number of carbonyl (C=O) groups is 1. The highest BCUT2D eigenvalue weighted by Crippen LogP contribution is 2.45. The molecular formula is C24H14N2O. The molecule has 1 aliphatic rings. The Bertz CT molecular complexity index is 1230. The first-order chi connectivity index (χ1) is 13.3. The maximum absolute atomic E-state index is 13.0. The van der Waals surface area contributed by atoms with Gasteiger partial charge in [-0.15, -0.1) is 0 Å². The largest absolute Gasteiger partial charge is 0.315 e. The van der Waals surface area contributed by atoms with E-state index in [2.05, 4.69) is 22.8 Å². The minimum absolute atomic E-state index is 0.0603. The summed E-state index contributed by atoms with van der Waals surface area (Å²) >= 11 is 0. The smallest absolute Gasteiger partial charge is 0.195 e. The molecule has 3 heteroatoms. The van der Waals surface area contributed by atoms with Crippen LogP contribution in [0.25, 0.3) is 28.1 Å². The average Bonchev–Trinajstić information content (AvgIpc) is 3.25. The second kappa shape index (κ2) is 5.82. The number of ketones is 1. The van der Waals surface area contributed by atoms with Crippen molar-refractivity contribution >= 4 is 5.78 Å². The van der Waals surface area contributed by atoms with Crippen LogP contribution >= 0.6 is 0 Å². The molecule has 0 fully saturated rings. The van der Waals surface area contributed by atoms with E-state index in [1.54, 1.807) is 12.1 Å². The first kappa shape index (κ1) is 15.4. The summed E-state index contributed by atoms with van der Waals surface area (Å²) in [6.45, 7) is 0. The average molecular weight is 346 g/mol. The van der Waals surface area contributed by atoms with Crippen LogP contribution in [0.5, 0.6) is 0 Å². The summed E-state index contributed by atoms with van der Waals surface area (Å²) < 4.78 is 2.05. The number of fused-ring (bicyclic) bond motifs is 3. The van der Waals surface area contributed by atoms with Crippen molar-refractivity contribution in [2.75, 3.05) is 0 Å². The van der Waals surface area contributed by atoms with Crippen molar-refractivity contribution in [3.05, 3.63) is 102 Å². The van der Waals surface area contributed by atoms with Gasteiger partial charge in [0.15, 0.2) is 5.78 Å². The van der Waals surface area contributed by atoms with Crippen LogP contribution in [0.15, 0.2) is 85.1 Å². The first-order valence-corrected chi connectivity index (χ1v) is 8.73. The zero-order valence-electron chi connectivity index (χ0n) is 14.4. The van der Waals surface area contributed by atoms with Gasteiger partial charge < -0.3 is 4.57 Å². The summed E-state index contributed by atoms with van der Waals surface area (Å²) in [4.78, 5) is 13.0. The van der Waals surface area contributed by atoms with E-state index in [-0.39, 0.29) is 5.78 Å². The molecule has 1 aromatic heterocycles. The maximum Gasteiger partial charge on any atom is 0.195 e. The molecule has 126 valence electrons. The number of hydrogen-bond acceptors (Lipinski definition) is 2. The van der Waals surface area contributed by atoms with Crippen LogP contribution in [0.2, 0.25) is 0 Å². The highest BCUT2D eigenvalue weighted by molar-refractivity contribution is 6.24. The Morgan fingerprint density at radius 1 is 0.741 bits per heavy atom. The molecule has 4 aromatic rings. The molecule has 0 unspecified atom stereocenters. The Kier molecular flexibility index (Phi) is 3.31. The number of hydrogen-bond donors (Lipinski definition) is 0. The molecule has 1 aliphatic carbocycles. The molecule has 0 N–H and O–H groups in total. The van der Waals surface area contributed by atoms with Gasteiger partial charge in [0.05, 0.1) is 17.3 Å². The Hall–Kier alpha value is -3.90. The molecule has 0 amide bonds. The van der Waals surface area contributed by atoms with Gasteiger partial charge in [0.25, 0.3) is 0 Å². The van der Waals surface area contributed by atoms with Crippen molar-refractivity contribution in [1.82, 2.24) is 4.57 Å². The van der Waals surface area contributed by atoms with E-state index in [4.69, 9.17) is 5.26 Å². The Balaban J connectivity index is 1.83. The fourth-order valence-electron chi connectivity index (χ4n) is 3.77. The summed E-state index contributed by atoms with van der Waals surface area (Å²) in [5, 5.41) is 9.07. The summed E-state index contributed by atoms with van der Waals surface area (Å²) in [5.41, 5.74) is 7.01. The van der Waals surface area contributed by atoms with E-state index < -0.39 is 0 Å². The van der Waals surface area contributed by atoms with Crippen molar-refractivity contribution in [2.45, 2.75) is 0 Å². The maximum atomic E-state index is 13.0. The summed E-state index contributed by atoms with van der Waals surface area (Å²) in [6, 6.07) is 27.4. The van der Waals surface area contributed by atoms with Crippen LogP contribution in [0, 0.1) is 11.3 Å². The van der Waals surface area contributed by atoms with E-state index >= 15 is 0 Å². The van der Waals surface area contributed by atoms with Crippen LogP contribution in [0.4, 0.5) is 0 Å². The van der Waals surface area contributed by atoms with E-state index in [0.29, 0.717) is 5.56 Å². The molecule has 3 nitrogen and oxygen atoms in total. The van der Waals surface area contributed by atoms with Crippen LogP contribution in [0.3, 0.4) is 0 Å². The predicted molar refractivity (Wildman–Crippen MR) is 105 cm³/mol. The van der Waals surface area contributed by atoms with Gasteiger partial charge in [0.2, 0.25) is 0 Å². The second-order valence-electron chi connectivity index (χ2n) is 6.54. The lowest BCUT2D eigenvalue weighted by Gasteiger charge is -2.12. The highest BCUT2D eigenvalue weighted by atomic mass is 16.1. The van der Waals surface area contributed by atoms with Crippen molar-refractivity contribution in [3.8, 4) is 34.1 Å². The van der Waals surface area contributed by atoms with Crippen LogP contribution in [0.1, 0.15) is 21.5 Å². The molecule has 0 bridgehead atoms. The molecule has 0 saturated carbocycles. The van der Waals surface area contributed by atoms with Crippen molar-refractivity contribution in [1.29, 1.82) is 5.26 Å². The molecule has 1 heterocycles. The second-order valence-corrected chi connectivity index (χ2v) is 6.54. The van der Waals surface area contributed by atoms with Gasteiger partial charge in [-0.3, -0.25) is 4.79 Å². The topological polar surface area (TPSA) is 45.8 Å². The van der Waals surface area contributed by atoms with Gasteiger partial charge in [-0.05, 0) is 35.4 Å². The Morgan fingerprint density at radius 2 is 1.41 bits per heavy atom. The Morgan fingerprint density at radius 3 is 2.11 bits per heavy atom. The van der Waals surface area contributed by atoms with E-state index in [1.165, 1.54) is 0 Å². The van der Waals surface area contributed by atoms with Crippen molar-refractivity contribution in [2.24, 2.45) is 0 Å². The van der Waals surface area contributed by atoms with Gasteiger partial charge >= 0.3 is 0 Å². The zero-order chi connectivity index (χ0) is 18.4. The predicted octanol–water partition coefficient (Wildman–Crippen LogP) is 5.23. The summed E-state index contributed by atoms with van der Waals surface area (Å²) in [6.07, 6.45) is 1.92. The van der Waals surface area contributed by atoms with Crippen LogP contribution < -0.4 is 0 Å². The highest BCUT2D eigenvalue weighted by Gasteiger charge is 2.32. The third-order valence-corrected chi connectivity index (χ3v) is 5.01. The molecule has 27 heavy (non-hydrogen) atoms. The van der Waals surface area contributed by atoms with Crippen molar-refractivity contribution in [3.63, 3.8) is 0 Å². The van der Waals surface area contributed by atoms with Gasteiger partial charge in [0, 0.05) is 28.6 Å². The Labute approximate surface area is 156 Å². The van der Waals surface area contributed by atoms with Crippen LogP contribution in [-0.2, 0) is 0 Å². The lowest BCUT2D eigenvalue weighted by atomic mass is 10.0. The fourth-order valence-corrected chi connectivity index (χ4v) is 3.77. The summed E-state index contributed by atoms with van der Waals surface area (Å²) in [7, 11) is 0. The first-order valence-electron chi connectivity index (χ1n) is 8.73. The number of carbonyl (C=O) groups excluding carboxylic acids is 1. The van der Waals surface area contributed by atoms with Gasteiger partial charge in [-0.1, -0.05) is 54.6 Å². The third kappa shape index (κ3) is 2.24. The molecule has 0 spiro atoms. The van der Waals surface area contributed by atoms with E-state index in [0.717, 1.165) is 39.2 Å². The molecule has 0 aliphatic heterocycles. The molecular weight excluding hydrogens is 332 g/mol. The number of nitrogens with zero attached hydrogens (tertiary/aromatic N) is 2. The van der Waals surface area contributed by atoms with Gasteiger partial charge in [0.1, 0.15) is 0 Å². The minimum atomic E-state index is 0.0603. The normalized spacial score (nSPS) is 11.7. The van der Waals surface area contributed by atoms with E-state index in [1.807, 2.05) is 60.8 Å². The number of benzene rings is 3. The van der Waals surface area contributed by atoms with Crippen molar-refractivity contribution < 1.29 is 4.79 Å². The molecule has 5 rings (SSSR count). The third-order valence-electron chi connectivity index (χ3n) is 5.01. The lowest BCUT2D eigenvalue weighted by Crippen LogP contribution is -1.99. The number of nitriles is 1. The van der Waals surface area contributed by atoms with Gasteiger partial charge in [-0.25, -0.2) is 0 Å². The molecule has 0 atom stereocenters. The van der Waals surface area contributed by atoms with Gasteiger partial charge in [-0.2, -0.15) is 5.26 Å². The molecule has 0 saturated heterocycles. The molecule has 3 aromatic carbocycles. The van der Waals surface area contributed by atoms with Crippen LogP contribution in [-0.4, -0.2) is 10.4 Å². The lowest BCUT2D eigenvalue weighted by molar-refractivity contribution is 0.104. The zero-order valence-corrected chi connectivity index (χ0v) is 14.4. The monoisotopic (exact) mass is 346 g/mol. The SMILES string of the molecule is N#Cc1ccc(-n2cc3c(c2-c2ccccc2)-c2ccccc2C3=O)cc1. The van der Waals surface area contributed by atoms with E-state index in [9.17, 15) is 4.79 Å². The number of aromatic nitrogens is 1.